The lowest BCUT2D eigenvalue weighted by Gasteiger charge is -2.26. The van der Waals surface area contributed by atoms with Gasteiger partial charge in [0.1, 0.15) is 11.9 Å². The number of nitrogens with zero attached hydrogens (tertiary/aromatic N) is 2. The number of carbonyl (C=O) groups excluding carboxylic acids is 1. The number of aromatic nitrogens is 1. The number of furan rings is 1. The minimum atomic E-state index is -0.680. The maximum atomic E-state index is 12.5. The van der Waals surface area contributed by atoms with Crippen molar-refractivity contribution in [3.63, 3.8) is 0 Å². The van der Waals surface area contributed by atoms with Crippen LogP contribution in [0.3, 0.4) is 0 Å². The molecular formula is C18H23N3O3. The molecule has 2 aromatic heterocycles. The van der Waals surface area contributed by atoms with Crippen LogP contribution < -0.4 is 5.32 Å². The second-order valence-corrected chi connectivity index (χ2v) is 6.22. The van der Waals surface area contributed by atoms with Crippen molar-refractivity contribution < 1.29 is 14.3 Å². The number of urea groups is 1. The largest absolute Gasteiger partial charge is 0.467 e. The van der Waals surface area contributed by atoms with Gasteiger partial charge in [0, 0.05) is 37.9 Å². The van der Waals surface area contributed by atoms with E-state index < -0.39 is 6.10 Å². The highest BCUT2D eigenvalue weighted by Gasteiger charge is 2.31. The van der Waals surface area contributed by atoms with Crippen molar-refractivity contribution >= 4 is 6.03 Å². The second kappa shape index (κ2) is 7.49. The molecule has 3 heterocycles. The molecule has 0 bridgehead atoms. The molecule has 6 heteroatoms. The van der Waals surface area contributed by atoms with Gasteiger partial charge < -0.3 is 19.7 Å². The monoisotopic (exact) mass is 329 g/mol. The van der Waals surface area contributed by atoms with E-state index in [1.165, 1.54) is 0 Å². The van der Waals surface area contributed by atoms with Gasteiger partial charge in [-0.15, -0.1) is 0 Å². The number of aliphatic hydroxyl groups is 1. The Morgan fingerprint density at radius 3 is 3.17 bits per heavy atom. The number of hydrogen-bond acceptors (Lipinski definition) is 4. The molecule has 2 aromatic rings. The van der Waals surface area contributed by atoms with Gasteiger partial charge in [-0.25, -0.2) is 4.79 Å². The third-order valence-electron chi connectivity index (χ3n) is 4.57. The van der Waals surface area contributed by atoms with Crippen LogP contribution in [0.1, 0.15) is 42.3 Å². The first kappa shape index (κ1) is 16.5. The zero-order chi connectivity index (χ0) is 16.9. The summed E-state index contributed by atoms with van der Waals surface area (Å²) in [7, 11) is 0. The molecule has 2 unspecified atom stereocenters. The van der Waals surface area contributed by atoms with Gasteiger partial charge in [-0.05, 0) is 49.1 Å². The van der Waals surface area contributed by atoms with Crippen LogP contribution in [0.5, 0.6) is 0 Å². The van der Waals surface area contributed by atoms with Crippen LogP contribution in [0.4, 0.5) is 4.79 Å². The maximum absolute atomic E-state index is 12.5. The van der Waals surface area contributed by atoms with E-state index in [2.05, 4.69) is 10.3 Å². The number of likely N-dealkylation sites (tertiary alicyclic amines) is 1. The predicted octanol–water partition coefficient (Wildman–Crippen LogP) is 2.78. The molecule has 0 saturated carbocycles. The van der Waals surface area contributed by atoms with Gasteiger partial charge >= 0.3 is 6.03 Å². The second-order valence-electron chi connectivity index (χ2n) is 6.22. The van der Waals surface area contributed by atoms with E-state index in [1.807, 2.05) is 17.9 Å². The Hall–Kier alpha value is -2.34. The van der Waals surface area contributed by atoms with Crippen LogP contribution in [-0.4, -0.2) is 33.6 Å². The number of aliphatic hydroxyl groups excluding tert-OH is 1. The fourth-order valence-corrected chi connectivity index (χ4v) is 3.18. The molecule has 1 aliphatic heterocycles. The molecule has 0 aliphatic carbocycles. The first-order valence-corrected chi connectivity index (χ1v) is 8.30. The molecule has 3 rings (SSSR count). The highest BCUT2D eigenvalue weighted by atomic mass is 16.4. The Bertz CT molecular complexity index is 672. The summed E-state index contributed by atoms with van der Waals surface area (Å²) in [6.45, 7) is 3.18. The summed E-state index contributed by atoms with van der Waals surface area (Å²) in [5, 5.41) is 13.2. The molecule has 2 amide bonds. The summed E-state index contributed by atoms with van der Waals surface area (Å²) in [5.41, 5.74) is 2.12. The number of aryl methyl sites for hydroxylation is 1. The number of carbonyl (C=O) groups is 1. The lowest BCUT2D eigenvalue weighted by atomic mass is 10.1. The van der Waals surface area contributed by atoms with Crippen LogP contribution in [-0.2, 0) is 6.54 Å². The molecular weight excluding hydrogens is 306 g/mol. The molecule has 6 nitrogen and oxygen atoms in total. The van der Waals surface area contributed by atoms with Gasteiger partial charge in [0.15, 0.2) is 0 Å². The molecule has 2 atom stereocenters. The molecule has 1 aliphatic rings. The topological polar surface area (TPSA) is 78.6 Å². The highest BCUT2D eigenvalue weighted by molar-refractivity contribution is 5.74. The van der Waals surface area contributed by atoms with Crippen LogP contribution in [0.2, 0.25) is 0 Å². The number of rotatable bonds is 5. The van der Waals surface area contributed by atoms with Gasteiger partial charge in [-0.3, -0.25) is 4.98 Å². The zero-order valence-corrected chi connectivity index (χ0v) is 13.8. The van der Waals surface area contributed by atoms with E-state index >= 15 is 0 Å². The Morgan fingerprint density at radius 2 is 2.42 bits per heavy atom. The minimum absolute atomic E-state index is 0.0311. The number of pyridine rings is 1. The first-order valence-electron chi connectivity index (χ1n) is 8.30. The van der Waals surface area contributed by atoms with Gasteiger partial charge in [-0.2, -0.15) is 0 Å². The quantitative estimate of drug-likeness (QED) is 0.884. The summed E-state index contributed by atoms with van der Waals surface area (Å²) < 4.78 is 5.24. The SMILES string of the molecule is Cc1cnccc1CNC(=O)N1CCCC1CC(O)c1ccco1. The molecule has 0 radical (unpaired) electrons. The summed E-state index contributed by atoms with van der Waals surface area (Å²) >= 11 is 0. The van der Waals surface area contributed by atoms with E-state index in [0.717, 1.165) is 30.5 Å². The van der Waals surface area contributed by atoms with Crippen LogP contribution >= 0.6 is 0 Å². The van der Waals surface area contributed by atoms with E-state index in [4.69, 9.17) is 4.42 Å². The summed E-state index contributed by atoms with van der Waals surface area (Å²) in [6, 6.07) is 5.38. The fraction of sp³-hybridized carbons (Fsp3) is 0.444. The summed E-state index contributed by atoms with van der Waals surface area (Å²) in [5.74, 6) is 0.551. The van der Waals surface area contributed by atoms with Crippen molar-refractivity contribution in [1.29, 1.82) is 0 Å². The van der Waals surface area contributed by atoms with Gasteiger partial charge in [-0.1, -0.05) is 0 Å². The Labute approximate surface area is 141 Å². The van der Waals surface area contributed by atoms with Crippen LogP contribution in [0.25, 0.3) is 0 Å². The van der Waals surface area contributed by atoms with E-state index in [9.17, 15) is 9.90 Å². The first-order chi connectivity index (χ1) is 11.6. The average Bonchev–Trinajstić information content (AvgIpc) is 3.25. The molecule has 0 spiro atoms. The maximum Gasteiger partial charge on any atom is 0.317 e. The molecule has 2 N–H and O–H groups in total. The normalized spacial score (nSPS) is 18.6. The molecule has 1 saturated heterocycles. The van der Waals surface area contributed by atoms with Crippen LogP contribution in [0, 0.1) is 6.92 Å². The fourth-order valence-electron chi connectivity index (χ4n) is 3.18. The highest BCUT2D eigenvalue weighted by Crippen LogP contribution is 2.27. The van der Waals surface area contributed by atoms with Gasteiger partial charge in [0.05, 0.1) is 6.26 Å². The van der Waals surface area contributed by atoms with Crippen LogP contribution in [0.15, 0.2) is 41.3 Å². The zero-order valence-electron chi connectivity index (χ0n) is 13.8. The number of amides is 2. The molecule has 1 fully saturated rings. The number of nitrogens with one attached hydrogen (secondary N) is 1. The predicted molar refractivity (Wildman–Crippen MR) is 89.2 cm³/mol. The lowest BCUT2D eigenvalue weighted by molar-refractivity contribution is 0.108. The Balaban J connectivity index is 1.56. The van der Waals surface area contributed by atoms with Crippen molar-refractivity contribution in [3.8, 4) is 0 Å². The average molecular weight is 329 g/mol. The standard InChI is InChI=1S/C18H23N3O3/c1-13-11-19-7-6-14(13)12-20-18(23)21-8-2-4-15(21)10-16(22)17-5-3-9-24-17/h3,5-7,9,11,15-16,22H,2,4,8,10,12H2,1H3,(H,20,23). The third-order valence-corrected chi connectivity index (χ3v) is 4.57. The van der Waals surface area contributed by atoms with E-state index in [1.54, 1.807) is 30.8 Å². The van der Waals surface area contributed by atoms with Gasteiger partial charge in [0.2, 0.25) is 0 Å². The molecule has 128 valence electrons. The van der Waals surface area contributed by atoms with Crippen molar-refractivity contribution in [3.05, 3.63) is 53.7 Å². The van der Waals surface area contributed by atoms with Crippen molar-refractivity contribution in [2.45, 2.75) is 44.9 Å². The van der Waals surface area contributed by atoms with Crippen molar-refractivity contribution in [1.82, 2.24) is 15.2 Å². The summed E-state index contributed by atoms with van der Waals surface area (Å²) in [6.07, 6.45) is 6.74. The van der Waals surface area contributed by atoms with Crippen molar-refractivity contribution in [2.75, 3.05) is 6.54 Å². The van der Waals surface area contributed by atoms with E-state index in [0.29, 0.717) is 18.7 Å². The Kier molecular flexibility index (Phi) is 5.15. The summed E-state index contributed by atoms with van der Waals surface area (Å²) in [4.78, 5) is 18.4. The third kappa shape index (κ3) is 3.76. The van der Waals surface area contributed by atoms with E-state index in [-0.39, 0.29) is 12.1 Å². The van der Waals surface area contributed by atoms with Crippen molar-refractivity contribution in [2.24, 2.45) is 0 Å². The molecule has 0 aromatic carbocycles. The Morgan fingerprint density at radius 1 is 1.54 bits per heavy atom. The van der Waals surface area contributed by atoms with Gasteiger partial charge in [0.25, 0.3) is 0 Å². The molecule has 24 heavy (non-hydrogen) atoms. The smallest absolute Gasteiger partial charge is 0.317 e. The minimum Gasteiger partial charge on any atom is -0.467 e. The number of hydrogen-bond donors (Lipinski definition) is 2. The lowest BCUT2D eigenvalue weighted by Crippen LogP contribution is -2.43.